The van der Waals surface area contributed by atoms with E-state index in [9.17, 15) is 32.3 Å². The quantitative estimate of drug-likeness (QED) is 0.460. The fraction of sp³-hybridized carbons (Fsp3) is 0.500. The van der Waals surface area contributed by atoms with Gasteiger partial charge in [-0.1, -0.05) is 0 Å². The number of piperazine rings is 1. The Morgan fingerprint density at radius 3 is 2.55 bits per heavy atom. The second-order valence-corrected chi connectivity index (χ2v) is 10.1. The third kappa shape index (κ3) is 7.03. The standard InChI is InChI=1S/C28H33F4N3O5/c1-3-39-22-11-18(10-19(12-22)28(30,31)32)14-33-26(36)25-7-5-21(16-40-25)34-8-9-35(17(2)15-34)20-4-6-24(29)23(13-20)27(37)38/h4,6,10-13,17,21,25H,3,5,7-9,14-16H2,1-2H3,(H,33,36)(H,37,38)/t17-,21?,25+/m0/s1. The Labute approximate surface area is 229 Å². The molecular weight excluding hydrogens is 534 g/mol. The van der Waals surface area contributed by atoms with Crippen molar-refractivity contribution in [3.8, 4) is 5.75 Å². The van der Waals surface area contributed by atoms with Gasteiger partial charge in [-0.15, -0.1) is 0 Å². The van der Waals surface area contributed by atoms with Gasteiger partial charge in [0.1, 0.15) is 17.7 Å². The number of hydrogen-bond donors (Lipinski definition) is 2. The number of amides is 1. The minimum absolute atomic E-state index is 0.0379. The van der Waals surface area contributed by atoms with Crippen LogP contribution >= 0.6 is 0 Å². The van der Waals surface area contributed by atoms with Crippen molar-refractivity contribution in [2.45, 2.75) is 57.6 Å². The lowest BCUT2D eigenvalue weighted by Gasteiger charge is -2.45. The average Bonchev–Trinajstić information content (AvgIpc) is 2.91. The Hall–Kier alpha value is -3.38. The van der Waals surface area contributed by atoms with Gasteiger partial charge in [-0.25, -0.2) is 9.18 Å². The molecule has 2 aromatic carbocycles. The molecule has 218 valence electrons. The largest absolute Gasteiger partial charge is 0.494 e. The number of ether oxygens (including phenoxy) is 2. The van der Waals surface area contributed by atoms with Crippen LogP contribution in [0.25, 0.3) is 0 Å². The molecule has 3 atom stereocenters. The molecule has 0 aliphatic carbocycles. The maximum absolute atomic E-state index is 13.8. The van der Waals surface area contributed by atoms with E-state index in [1.807, 2.05) is 11.8 Å². The molecular formula is C28H33F4N3O5. The first-order valence-corrected chi connectivity index (χ1v) is 13.2. The van der Waals surface area contributed by atoms with Crippen LogP contribution < -0.4 is 15.0 Å². The maximum Gasteiger partial charge on any atom is 0.416 e. The summed E-state index contributed by atoms with van der Waals surface area (Å²) in [5, 5.41) is 11.9. The molecule has 0 bridgehead atoms. The normalized spacial score (nSPS) is 22.1. The van der Waals surface area contributed by atoms with Gasteiger partial charge in [0.15, 0.2) is 0 Å². The molecule has 0 aromatic heterocycles. The number of hydrogen-bond acceptors (Lipinski definition) is 6. The highest BCUT2D eigenvalue weighted by Crippen LogP contribution is 2.33. The monoisotopic (exact) mass is 567 g/mol. The van der Waals surface area contributed by atoms with Gasteiger partial charge >= 0.3 is 12.1 Å². The second-order valence-electron chi connectivity index (χ2n) is 10.1. The highest BCUT2D eigenvalue weighted by atomic mass is 19.4. The number of carboxylic acid groups (broad SMARTS) is 1. The summed E-state index contributed by atoms with van der Waals surface area (Å²) < 4.78 is 64.7. The number of carbonyl (C=O) groups excluding carboxylic acids is 1. The summed E-state index contributed by atoms with van der Waals surface area (Å²) in [7, 11) is 0. The van der Waals surface area contributed by atoms with E-state index in [0.29, 0.717) is 44.8 Å². The van der Waals surface area contributed by atoms with Crippen molar-refractivity contribution in [1.82, 2.24) is 10.2 Å². The summed E-state index contributed by atoms with van der Waals surface area (Å²) in [6, 6.07) is 7.65. The summed E-state index contributed by atoms with van der Waals surface area (Å²) in [5.74, 6) is -2.37. The predicted molar refractivity (Wildman–Crippen MR) is 139 cm³/mol. The minimum Gasteiger partial charge on any atom is -0.494 e. The highest BCUT2D eigenvalue weighted by molar-refractivity contribution is 5.89. The first-order chi connectivity index (χ1) is 19.0. The molecule has 2 N–H and O–H groups in total. The minimum atomic E-state index is -4.53. The molecule has 12 heteroatoms. The molecule has 8 nitrogen and oxygen atoms in total. The van der Waals surface area contributed by atoms with Gasteiger partial charge in [0.2, 0.25) is 5.91 Å². The molecule has 2 aromatic rings. The van der Waals surface area contributed by atoms with Crippen molar-refractivity contribution in [1.29, 1.82) is 0 Å². The van der Waals surface area contributed by atoms with E-state index in [4.69, 9.17) is 9.47 Å². The topological polar surface area (TPSA) is 91.3 Å². The van der Waals surface area contributed by atoms with Crippen LogP contribution in [0, 0.1) is 5.82 Å². The lowest BCUT2D eigenvalue weighted by atomic mass is 10.0. The molecule has 0 saturated carbocycles. The molecule has 40 heavy (non-hydrogen) atoms. The van der Waals surface area contributed by atoms with E-state index in [0.717, 1.165) is 12.1 Å². The third-order valence-electron chi connectivity index (χ3n) is 7.30. The number of benzene rings is 2. The van der Waals surface area contributed by atoms with Crippen LogP contribution in [0.4, 0.5) is 23.2 Å². The molecule has 4 rings (SSSR count). The molecule has 1 unspecified atom stereocenters. The molecule has 0 spiro atoms. The van der Waals surface area contributed by atoms with Crippen LogP contribution in [0.1, 0.15) is 48.2 Å². The SMILES string of the molecule is CCOc1cc(CNC(=O)[C@H]2CCC(N3CCN(c4ccc(F)c(C(=O)O)c4)[C@@H](C)C3)CO2)cc(C(F)(F)F)c1. The van der Waals surface area contributed by atoms with Gasteiger partial charge in [0.25, 0.3) is 0 Å². The summed E-state index contributed by atoms with van der Waals surface area (Å²) in [6.45, 7) is 6.15. The van der Waals surface area contributed by atoms with Gasteiger partial charge in [0.05, 0.1) is 24.3 Å². The van der Waals surface area contributed by atoms with Crippen LogP contribution in [-0.4, -0.2) is 72.9 Å². The Morgan fingerprint density at radius 1 is 1.15 bits per heavy atom. The Bertz CT molecular complexity index is 1220. The summed E-state index contributed by atoms with van der Waals surface area (Å²) in [4.78, 5) is 28.4. The Balaban J connectivity index is 1.28. The number of carbonyl (C=O) groups is 2. The Kier molecular flexibility index (Phi) is 9.19. The molecule has 2 heterocycles. The fourth-order valence-corrected chi connectivity index (χ4v) is 5.27. The van der Waals surface area contributed by atoms with Crippen molar-refractivity contribution < 1.29 is 41.7 Å². The third-order valence-corrected chi connectivity index (χ3v) is 7.30. The van der Waals surface area contributed by atoms with Crippen LogP contribution in [0.3, 0.4) is 0 Å². The number of carboxylic acids is 1. The van der Waals surface area contributed by atoms with Crippen molar-refractivity contribution in [2.24, 2.45) is 0 Å². The van der Waals surface area contributed by atoms with Crippen molar-refractivity contribution in [3.05, 3.63) is 58.9 Å². The number of alkyl halides is 3. The molecule has 2 fully saturated rings. The summed E-state index contributed by atoms with van der Waals surface area (Å²) in [5.41, 5.74) is -0.268. The smallest absolute Gasteiger partial charge is 0.416 e. The average molecular weight is 568 g/mol. The second kappa shape index (κ2) is 12.4. The van der Waals surface area contributed by atoms with Crippen LogP contribution in [0.2, 0.25) is 0 Å². The van der Waals surface area contributed by atoms with Crippen molar-refractivity contribution in [2.75, 3.05) is 37.7 Å². The number of aromatic carboxylic acids is 1. The number of halogens is 4. The van der Waals surface area contributed by atoms with Crippen LogP contribution in [0.15, 0.2) is 36.4 Å². The Morgan fingerprint density at radius 2 is 1.93 bits per heavy atom. The van der Waals surface area contributed by atoms with Gasteiger partial charge in [-0.2, -0.15) is 13.2 Å². The van der Waals surface area contributed by atoms with Crippen molar-refractivity contribution in [3.63, 3.8) is 0 Å². The van der Waals surface area contributed by atoms with E-state index >= 15 is 0 Å². The zero-order valence-electron chi connectivity index (χ0n) is 22.3. The lowest BCUT2D eigenvalue weighted by molar-refractivity contribution is -0.138. The number of anilines is 1. The van der Waals surface area contributed by atoms with Gasteiger partial charge in [-0.3, -0.25) is 9.69 Å². The van der Waals surface area contributed by atoms with E-state index in [1.54, 1.807) is 13.0 Å². The van der Waals surface area contributed by atoms with E-state index in [1.165, 1.54) is 18.2 Å². The van der Waals surface area contributed by atoms with Crippen LogP contribution in [0.5, 0.6) is 5.75 Å². The first kappa shape index (κ1) is 29.6. The molecule has 2 aliphatic heterocycles. The van der Waals surface area contributed by atoms with Crippen LogP contribution in [-0.2, 0) is 22.3 Å². The predicted octanol–water partition coefficient (Wildman–Crippen LogP) is 4.32. The van der Waals surface area contributed by atoms with E-state index < -0.39 is 29.6 Å². The van der Waals surface area contributed by atoms with Gasteiger partial charge in [0, 0.05) is 44.0 Å². The summed E-state index contributed by atoms with van der Waals surface area (Å²) in [6.07, 6.45) is -4.04. The zero-order chi connectivity index (χ0) is 29.0. The zero-order valence-corrected chi connectivity index (χ0v) is 22.3. The molecule has 2 aliphatic rings. The van der Waals surface area contributed by atoms with Gasteiger partial charge < -0.3 is 24.8 Å². The fourth-order valence-electron chi connectivity index (χ4n) is 5.27. The number of nitrogens with zero attached hydrogens (tertiary/aromatic N) is 2. The molecule has 2 saturated heterocycles. The number of rotatable bonds is 8. The summed E-state index contributed by atoms with van der Waals surface area (Å²) >= 11 is 0. The first-order valence-electron chi connectivity index (χ1n) is 13.2. The van der Waals surface area contributed by atoms with Gasteiger partial charge in [-0.05, 0) is 68.7 Å². The lowest BCUT2D eigenvalue weighted by Crippen LogP contribution is -2.57. The highest BCUT2D eigenvalue weighted by Gasteiger charge is 2.35. The maximum atomic E-state index is 13.8. The molecule has 1 amide bonds. The number of nitrogens with one attached hydrogen (secondary N) is 1. The van der Waals surface area contributed by atoms with E-state index in [-0.39, 0.29) is 48.0 Å². The molecule has 0 radical (unpaired) electrons. The van der Waals surface area contributed by atoms with Crippen molar-refractivity contribution >= 4 is 17.6 Å². The van der Waals surface area contributed by atoms with E-state index in [2.05, 4.69) is 10.2 Å².